The molecule has 92 valence electrons. The Morgan fingerprint density at radius 2 is 2.06 bits per heavy atom. The number of aryl methyl sites for hydroxylation is 2. The summed E-state index contributed by atoms with van der Waals surface area (Å²) in [7, 11) is 2.10. The Hall–Kier alpha value is -1.35. The van der Waals surface area contributed by atoms with Crippen molar-refractivity contribution in [2.75, 3.05) is 13.1 Å². The van der Waals surface area contributed by atoms with Crippen LogP contribution in [0.3, 0.4) is 0 Å². The Labute approximate surface area is 103 Å². The van der Waals surface area contributed by atoms with E-state index in [0.717, 1.165) is 31.4 Å². The molecule has 1 aromatic heterocycles. The van der Waals surface area contributed by atoms with E-state index in [4.69, 9.17) is 0 Å². The zero-order chi connectivity index (χ0) is 12.1. The van der Waals surface area contributed by atoms with Crippen molar-refractivity contribution in [3.05, 3.63) is 30.1 Å². The molecule has 2 rings (SSSR count). The van der Waals surface area contributed by atoms with Gasteiger partial charge in [-0.15, -0.1) is 0 Å². The minimum Gasteiger partial charge on any atom is -0.331 e. The van der Waals surface area contributed by atoms with Gasteiger partial charge >= 0.3 is 0 Å². The molecule has 0 unspecified atom stereocenters. The molecule has 0 aliphatic heterocycles. The molecule has 0 saturated heterocycles. The highest BCUT2D eigenvalue weighted by Gasteiger charge is 2.05. The van der Waals surface area contributed by atoms with Gasteiger partial charge in [0.15, 0.2) is 0 Å². The maximum absolute atomic E-state index is 4.67. The van der Waals surface area contributed by atoms with Gasteiger partial charge in [-0.1, -0.05) is 19.1 Å². The average molecular weight is 231 g/mol. The highest BCUT2D eigenvalue weighted by Crippen LogP contribution is 2.14. The van der Waals surface area contributed by atoms with Crippen molar-refractivity contribution in [3.63, 3.8) is 0 Å². The zero-order valence-electron chi connectivity index (χ0n) is 10.7. The normalized spacial score (nSPS) is 11.2. The number of imidazole rings is 1. The fourth-order valence-electron chi connectivity index (χ4n) is 2.09. The van der Waals surface area contributed by atoms with Gasteiger partial charge in [-0.3, -0.25) is 0 Å². The van der Waals surface area contributed by atoms with Gasteiger partial charge in [0.2, 0.25) is 0 Å². The number of fused-ring (bicyclic) bond motifs is 1. The molecule has 1 aromatic carbocycles. The SMILES string of the molecule is CCCNCCCc1nc2ccccc2n1C. The highest BCUT2D eigenvalue weighted by molar-refractivity contribution is 5.75. The number of para-hydroxylation sites is 2. The van der Waals surface area contributed by atoms with E-state index in [2.05, 4.69) is 47.0 Å². The van der Waals surface area contributed by atoms with Gasteiger partial charge in [0, 0.05) is 13.5 Å². The van der Waals surface area contributed by atoms with Gasteiger partial charge < -0.3 is 9.88 Å². The molecule has 0 spiro atoms. The molecule has 1 heterocycles. The van der Waals surface area contributed by atoms with E-state index in [-0.39, 0.29) is 0 Å². The summed E-state index contributed by atoms with van der Waals surface area (Å²) >= 11 is 0. The van der Waals surface area contributed by atoms with Crippen LogP contribution in [0, 0.1) is 0 Å². The van der Waals surface area contributed by atoms with E-state index >= 15 is 0 Å². The lowest BCUT2D eigenvalue weighted by atomic mass is 10.3. The van der Waals surface area contributed by atoms with Crippen molar-refractivity contribution in [1.29, 1.82) is 0 Å². The summed E-state index contributed by atoms with van der Waals surface area (Å²) in [6.45, 7) is 4.39. The number of aromatic nitrogens is 2. The lowest BCUT2D eigenvalue weighted by Gasteiger charge is -2.03. The summed E-state index contributed by atoms with van der Waals surface area (Å²) in [6.07, 6.45) is 3.39. The molecular formula is C14H21N3. The van der Waals surface area contributed by atoms with Crippen LogP contribution in [0.1, 0.15) is 25.6 Å². The predicted octanol–water partition coefficient (Wildman–Crippen LogP) is 2.51. The van der Waals surface area contributed by atoms with Crippen LogP contribution >= 0.6 is 0 Å². The molecule has 0 saturated carbocycles. The lowest BCUT2D eigenvalue weighted by Crippen LogP contribution is -2.16. The van der Waals surface area contributed by atoms with Crippen molar-refractivity contribution < 1.29 is 0 Å². The summed E-state index contributed by atoms with van der Waals surface area (Å²) < 4.78 is 2.20. The minimum absolute atomic E-state index is 1.04. The Morgan fingerprint density at radius 1 is 1.24 bits per heavy atom. The highest BCUT2D eigenvalue weighted by atomic mass is 15.1. The Balaban J connectivity index is 1.97. The van der Waals surface area contributed by atoms with Gasteiger partial charge in [0.1, 0.15) is 5.82 Å². The predicted molar refractivity (Wildman–Crippen MR) is 72.2 cm³/mol. The van der Waals surface area contributed by atoms with Gasteiger partial charge in [-0.05, 0) is 38.1 Å². The number of benzene rings is 1. The van der Waals surface area contributed by atoms with Crippen LogP contribution in [0.4, 0.5) is 0 Å². The molecule has 0 fully saturated rings. The van der Waals surface area contributed by atoms with Crippen molar-refractivity contribution in [2.45, 2.75) is 26.2 Å². The number of hydrogen-bond acceptors (Lipinski definition) is 2. The Kier molecular flexibility index (Phi) is 4.15. The fourth-order valence-corrected chi connectivity index (χ4v) is 2.09. The molecule has 3 heteroatoms. The van der Waals surface area contributed by atoms with Crippen LogP contribution in [-0.4, -0.2) is 22.6 Å². The molecule has 0 radical (unpaired) electrons. The second-order valence-corrected chi connectivity index (χ2v) is 4.43. The Morgan fingerprint density at radius 3 is 2.82 bits per heavy atom. The maximum Gasteiger partial charge on any atom is 0.109 e. The van der Waals surface area contributed by atoms with Gasteiger partial charge in [0.05, 0.1) is 11.0 Å². The Bertz CT molecular complexity index is 473. The molecule has 0 bridgehead atoms. The van der Waals surface area contributed by atoms with Crippen LogP contribution in [0.5, 0.6) is 0 Å². The average Bonchev–Trinajstić information content (AvgIpc) is 2.67. The molecule has 1 N–H and O–H groups in total. The first-order chi connectivity index (χ1) is 8.33. The molecule has 0 amide bonds. The number of rotatable bonds is 6. The van der Waals surface area contributed by atoms with Crippen molar-refractivity contribution in [1.82, 2.24) is 14.9 Å². The van der Waals surface area contributed by atoms with E-state index in [1.165, 1.54) is 17.8 Å². The number of nitrogens with one attached hydrogen (secondary N) is 1. The van der Waals surface area contributed by atoms with E-state index in [0.29, 0.717) is 0 Å². The molecule has 0 aliphatic carbocycles. The third kappa shape index (κ3) is 2.86. The first-order valence-corrected chi connectivity index (χ1v) is 6.44. The van der Waals surface area contributed by atoms with Gasteiger partial charge in [0.25, 0.3) is 0 Å². The topological polar surface area (TPSA) is 29.9 Å². The summed E-state index contributed by atoms with van der Waals surface area (Å²) in [5, 5.41) is 3.42. The quantitative estimate of drug-likeness (QED) is 0.774. The minimum atomic E-state index is 1.04. The van der Waals surface area contributed by atoms with Crippen LogP contribution in [-0.2, 0) is 13.5 Å². The standard InChI is InChI=1S/C14H21N3/c1-3-10-15-11-6-9-14-16-12-7-4-5-8-13(12)17(14)2/h4-5,7-8,15H,3,6,9-11H2,1-2H3. The fraction of sp³-hybridized carbons (Fsp3) is 0.500. The van der Waals surface area contributed by atoms with E-state index in [1.807, 2.05) is 6.07 Å². The van der Waals surface area contributed by atoms with Crippen molar-refractivity contribution >= 4 is 11.0 Å². The van der Waals surface area contributed by atoms with Crippen molar-refractivity contribution in [3.8, 4) is 0 Å². The van der Waals surface area contributed by atoms with Crippen molar-refractivity contribution in [2.24, 2.45) is 7.05 Å². The molecule has 2 aromatic rings. The summed E-state index contributed by atoms with van der Waals surface area (Å²) in [5.74, 6) is 1.18. The van der Waals surface area contributed by atoms with Crippen LogP contribution in [0.25, 0.3) is 11.0 Å². The second-order valence-electron chi connectivity index (χ2n) is 4.43. The van der Waals surface area contributed by atoms with Crippen LogP contribution < -0.4 is 5.32 Å². The van der Waals surface area contributed by atoms with Gasteiger partial charge in [-0.25, -0.2) is 4.98 Å². The largest absolute Gasteiger partial charge is 0.331 e. The maximum atomic E-state index is 4.67. The third-order valence-corrected chi connectivity index (χ3v) is 3.06. The molecular weight excluding hydrogens is 210 g/mol. The van der Waals surface area contributed by atoms with Crippen LogP contribution in [0.2, 0.25) is 0 Å². The monoisotopic (exact) mass is 231 g/mol. The smallest absolute Gasteiger partial charge is 0.109 e. The summed E-state index contributed by atoms with van der Waals surface area (Å²) in [6, 6.07) is 8.31. The second kappa shape index (κ2) is 5.82. The van der Waals surface area contributed by atoms with Gasteiger partial charge in [-0.2, -0.15) is 0 Å². The van der Waals surface area contributed by atoms with Crippen LogP contribution in [0.15, 0.2) is 24.3 Å². The molecule has 3 nitrogen and oxygen atoms in total. The first kappa shape index (κ1) is 12.1. The zero-order valence-corrected chi connectivity index (χ0v) is 10.7. The van der Waals surface area contributed by atoms with E-state index in [9.17, 15) is 0 Å². The summed E-state index contributed by atoms with van der Waals surface area (Å²) in [5.41, 5.74) is 2.33. The van der Waals surface area contributed by atoms with E-state index < -0.39 is 0 Å². The molecule has 17 heavy (non-hydrogen) atoms. The lowest BCUT2D eigenvalue weighted by molar-refractivity contribution is 0.624. The third-order valence-electron chi connectivity index (χ3n) is 3.06. The first-order valence-electron chi connectivity index (χ1n) is 6.44. The van der Waals surface area contributed by atoms with E-state index in [1.54, 1.807) is 0 Å². The molecule has 0 atom stereocenters. The summed E-state index contributed by atoms with van der Waals surface area (Å²) in [4.78, 5) is 4.67. The number of hydrogen-bond donors (Lipinski definition) is 1. The molecule has 0 aliphatic rings. The number of nitrogens with zero attached hydrogens (tertiary/aromatic N) is 2.